The second-order valence-electron chi connectivity index (χ2n) is 1.18. The fraction of sp³-hybridized carbons (Fsp3) is 0. The third kappa shape index (κ3) is 2.48. The van der Waals surface area contributed by atoms with Crippen LogP contribution in [-0.2, 0) is 4.74 Å². The van der Waals surface area contributed by atoms with Crippen molar-refractivity contribution in [3.8, 4) is 0 Å². The van der Waals surface area contributed by atoms with Crippen molar-refractivity contribution in [2.45, 2.75) is 0 Å². The molecule has 1 rings (SSSR count). The SMILES string of the molecule is C1=CC=COC=C1.Cl. The lowest BCUT2D eigenvalue weighted by Crippen LogP contribution is -1.56. The Bertz CT molecular complexity index is 110. The summed E-state index contributed by atoms with van der Waals surface area (Å²) in [5.41, 5.74) is 0. The number of hydrogen-bond donors (Lipinski definition) is 0. The van der Waals surface area contributed by atoms with Gasteiger partial charge in [0.25, 0.3) is 0 Å². The molecule has 0 aromatic heterocycles. The summed E-state index contributed by atoms with van der Waals surface area (Å²) in [6.07, 6.45) is 10.7. The van der Waals surface area contributed by atoms with E-state index in [1.165, 1.54) is 0 Å². The first kappa shape index (κ1) is 7.31. The minimum Gasteiger partial charge on any atom is -0.473 e. The van der Waals surface area contributed by atoms with E-state index in [4.69, 9.17) is 4.74 Å². The Labute approximate surface area is 54.8 Å². The van der Waals surface area contributed by atoms with Crippen LogP contribution < -0.4 is 0 Å². The van der Waals surface area contributed by atoms with E-state index in [-0.39, 0.29) is 12.4 Å². The summed E-state index contributed by atoms with van der Waals surface area (Å²) >= 11 is 0. The predicted octanol–water partition coefficient (Wildman–Crippen LogP) is 2.02. The van der Waals surface area contributed by atoms with Crippen molar-refractivity contribution in [1.82, 2.24) is 0 Å². The van der Waals surface area contributed by atoms with Gasteiger partial charge in [0.05, 0.1) is 12.5 Å². The van der Waals surface area contributed by atoms with Crippen LogP contribution in [0.15, 0.2) is 36.8 Å². The number of hydrogen-bond acceptors (Lipinski definition) is 1. The third-order valence-electron chi connectivity index (χ3n) is 0.648. The van der Waals surface area contributed by atoms with E-state index in [0.717, 1.165) is 0 Å². The van der Waals surface area contributed by atoms with E-state index in [1.807, 2.05) is 24.3 Å². The Hall–Kier alpha value is -0.690. The first-order valence-electron chi connectivity index (χ1n) is 2.14. The molecule has 0 aliphatic carbocycles. The van der Waals surface area contributed by atoms with Crippen molar-refractivity contribution in [1.29, 1.82) is 0 Å². The highest BCUT2D eigenvalue weighted by Crippen LogP contribution is 1.88. The summed E-state index contributed by atoms with van der Waals surface area (Å²) < 4.78 is 4.77. The van der Waals surface area contributed by atoms with E-state index in [1.54, 1.807) is 12.5 Å². The van der Waals surface area contributed by atoms with Crippen molar-refractivity contribution < 1.29 is 4.74 Å². The zero-order valence-corrected chi connectivity index (χ0v) is 5.10. The lowest BCUT2D eigenvalue weighted by Gasteiger charge is -1.79. The molecule has 0 spiro atoms. The average molecular weight is 131 g/mol. The van der Waals surface area contributed by atoms with Gasteiger partial charge in [-0.15, -0.1) is 12.4 Å². The van der Waals surface area contributed by atoms with Gasteiger partial charge < -0.3 is 4.74 Å². The van der Waals surface area contributed by atoms with E-state index in [0.29, 0.717) is 0 Å². The molecule has 44 valence electrons. The van der Waals surface area contributed by atoms with Crippen LogP contribution >= 0.6 is 12.4 Å². The minimum atomic E-state index is 0. The van der Waals surface area contributed by atoms with Crippen molar-refractivity contribution in [3.63, 3.8) is 0 Å². The van der Waals surface area contributed by atoms with E-state index in [2.05, 4.69) is 0 Å². The number of ether oxygens (including phenoxy) is 1. The van der Waals surface area contributed by atoms with Crippen LogP contribution in [-0.4, -0.2) is 0 Å². The number of allylic oxidation sites excluding steroid dienone is 4. The Morgan fingerprint density at radius 2 is 1.25 bits per heavy atom. The Morgan fingerprint density at radius 1 is 0.750 bits per heavy atom. The van der Waals surface area contributed by atoms with Crippen LogP contribution in [0.5, 0.6) is 0 Å². The van der Waals surface area contributed by atoms with Gasteiger partial charge in [-0.25, -0.2) is 0 Å². The molecular weight excluding hydrogens is 124 g/mol. The lowest BCUT2D eigenvalue weighted by atomic mass is 10.5. The molecule has 0 saturated carbocycles. The highest BCUT2D eigenvalue weighted by molar-refractivity contribution is 5.85. The maximum atomic E-state index is 4.77. The van der Waals surface area contributed by atoms with E-state index >= 15 is 0 Å². The molecule has 0 aromatic rings. The topological polar surface area (TPSA) is 9.23 Å². The molecule has 1 aliphatic heterocycles. The van der Waals surface area contributed by atoms with Gasteiger partial charge >= 0.3 is 0 Å². The zero-order chi connectivity index (χ0) is 4.95. The van der Waals surface area contributed by atoms with Gasteiger partial charge in [0.15, 0.2) is 0 Å². The minimum absolute atomic E-state index is 0. The fourth-order valence-corrected chi connectivity index (χ4v) is 0.355. The van der Waals surface area contributed by atoms with Crippen molar-refractivity contribution >= 4 is 12.4 Å². The van der Waals surface area contributed by atoms with Gasteiger partial charge in [-0.05, 0) is 12.2 Å². The third-order valence-corrected chi connectivity index (χ3v) is 0.648. The summed E-state index contributed by atoms with van der Waals surface area (Å²) in [7, 11) is 0. The predicted molar refractivity (Wildman–Crippen MR) is 35.8 cm³/mol. The summed E-state index contributed by atoms with van der Waals surface area (Å²) in [5, 5.41) is 0. The molecule has 0 fully saturated rings. The van der Waals surface area contributed by atoms with Crippen molar-refractivity contribution in [3.05, 3.63) is 36.8 Å². The van der Waals surface area contributed by atoms with E-state index < -0.39 is 0 Å². The second kappa shape index (κ2) is 4.47. The summed E-state index contributed by atoms with van der Waals surface area (Å²) in [6.45, 7) is 0. The van der Waals surface area contributed by atoms with Gasteiger partial charge in [-0.1, -0.05) is 12.2 Å². The monoisotopic (exact) mass is 130 g/mol. The summed E-state index contributed by atoms with van der Waals surface area (Å²) in [5.74, 6) is 0. The molecule has 0 bridgehead atoms. The quantitative estimate of drug-likeness (QED) is 0.488. The summed E-state index contributed by atoms with van der Waals surface area (Å²) in [6, 6.07) is 0. The van der Waals surface area contributed by atoms with Crippen LogP contribution in [0.1, 0.15) is 0 Å². The maximum Gasteiger partial charge on any atom is 0.0901 e. The Morgan fingerprint density at radius 3 is 1.75 bits per heavy atom. The highest BCUT2D eigenvalue weighted by atomic mass is 35.5. The van der Waals surface area contributed by atoms with E-state index in [9.17, 15) is 0 Å². The molecule has 0 atom stereocenters. The molecule has 1 heterocycles. The molecule has 1 nitrogen and oxygen atoms in total. The lowest BCUT2D eigenvalue weighted by molar-refractivity contribution is 0.404. The molecule has 1 aliphatic rings. The number of halogens is 1. The Balaban J connectivity index is 0.000000490. The smallest absolute Gasteiger partial charge is 0.0901 e. The first-order chi connectivity index (χ1) is 3.50. The molecule has 0 amide bonds. The van der Waals surface area contributed by atoms with Crippen LogP contribution in [0.25, 0.3) is 0 Å². The van der Waals surface area contributed by atoms with Crippen molar-refractivity contribution in [2.24, 2.45) is 0 Å². The second-order valence-corrected chi connectivity index (χ2v) is 1.18. The molecule has 0 aromatic carbocycles. The van der Waals surface area contributed by atoms with Crippen LogP contribution in [0.2, 0.25) is 0 Å². The fourth-order valence-electron chi connectivity index (χ4n) is 0.355. The normalized spacial score (nSPS) is 14.0. The van der Waals surface area contributed by atoms with Gasteiger partial charge in [0.2, 0.25) is 0 Å². The van der Waals surface area contributed by atoms with Gasteiger partial charge in [-0.3, -0.25) is 0 Å². The highest BCUT2D eigenvalue weighted by Gasteiger charge is 1.69. The largest absolute Gasteiger partial charge is 0.473 e. The van der Waals surface area contributed by atoms with Gasteiger partial charge in [0.1, 0.15) is 0 Å². The average Bonchev–Trinajstić information content (AvgIpc) is 1.90. The van der Waals surface area contributed by atoms with Crippen molar-refractivity contribution in [2.75, 3.05) is 0 Å². The molecule has 0 unspecified atom stereocenters. The van der Waals surface area contributed by atoms with Crippen LogP contribution in [0, 0.1) is 0 Å². The standard InChI is InChI=1S/C6H6O.ClH/c1-2-4-6-7-5-3-1;/h1-6H;1H. The van der Waals surface area contributed by atoms with Crippen LogP contribution in [0.3, 0.4) is 0 Å². The molecule has 8 heavy (non-hydrogen) atoms. The van der Waals surface area contributed by atoms with Gasteiger partial charge in [-0.2, -0.15) is 0 Å². The van der Waals surface area contributed by atoms with Crippen LogP contribution in [0.4, 0.5) is 0 Å². The number of rotatable bonds is 0. The van der Waals surface area contributed by atoms with Gasteiger partial charge in [0, 0.05) is 0 Å². The molecule has 0 N–H and O–H groups in total. The molecule has 2 heteroatoms. The Kier molecular flexibility index (Phi) is 4.08. The molecule has 0 saturated heterocycles. The first-order valence-corrected chi connectivity index (χ1v) is 2.14. The molecule has 0 radical (unpaired) electrons. The maximum absolute atomic E-state index is 4.77. The summed E-state index contributed by atoms with van der Waals surface area (Å²) in [4.78, 5) is 0. The molecular formula is C6H7ClO. The zero-order valence-electron chi connectivity index (χ0n) is 4.28.